The molecule has 2 fully saturated rings. The van der Waals surface area contributed by atoms with Crippen LogP contribution in [0.25, 0.3) is 0 Å². The Morgan fingerprint density at radius 1 is 1.38 bits per heavy atom. The molecule has 0 atom stereocenters. The molecular weight excluding hydrogens is 306 g/mol. The van der Waals surface area contributed by atoms with Gasteiger partial charge in [-0.15, -0.1) is 0 Å². The van der Waals surface area contributed by atoms with Gasteiger partial charge in [0.1, 0.15) is 0 Å². The lowest BCUT2D eigenvalue weighted by Crippen LogP contribution is -2.41. The number of aromatic nitrogens is 2. The summed E-state index contributed by atoms with van der Waals surface area (Å²) in [5.74, 6) is 2.49. The van der Waals surface area contributed by atoms with E-state index in [4.69, 9.17) is 10.3 Å². The standard InChI is InChI=1S/C17H25N5O2/c1-11(19-2)9-14(18)17(23)22-7-5-12(6-8-22)10-15-20-16(21-24-15)13-3-4-13/h9,12-13H,3-8,10,18H2,1-2H3. The molecule has 2 N–H and O–H groups in total. The number of piperidine rings is 1. The molecule has 0 aromatic carbocycles. The number of aliphatic imine (C=N–C) groups is 1. The zero-order chi connectivity index (χ0) is 17.1. The SMILES string of the molecule is CN=C(C)C=C(N)C(=O)N1CCC(Cc2nc(C3CC3)no2)CC1. The highest BCUT2D eigenvalue weighted by Gasteiger charge is 2.30. The first kappa shape index (κ1) is 16.7. The summed E-state index contributed by atoms with van der Waals surface area (Å²) in [5.41, 5.74) is 6.88. The first-order chi connectivity index (χ1) is 11.6. The minimum absolute atomic E-state index is 0.106. The molecule has 0 bridgehead atoms. The number of amides is 1. The summed E-state index contributed by atoms with van der Waals surface area (Å²) in [6, 6.07) is 0. The van der Waals surface area contributed by atoms with Gasteiger partial charge in [0.25, 0.3) is 5.91 Å². The molecule has 1 aromatic rings. The molecule has 2 aliphatic rings. The molecule has 1 aliphatic heterocycles. The Morgan fingerprint density at radius 3 is 2.71 bits per heavy atom. The van der Waals surface area contributed by atoms with Crippen LogP contribution in [0.1, 0.15) is 50.2 Å². The fourth-order valence-electron chi connectivity index (χ4n) is 2.98. The van der Waals surface area contributed by atoms with Crippen molar-refractivity contribution in [2.75, 3.05) is 20.1 Å². The van der Waals surface area contributed by atoms with Crippen LogP contribution in [0, 0.1) is 5.92 Å². The highest BCUT2D eigenvalue weighted by Crippen LogP contribution is 2.38. The second-order valence-electron chi connectivity index (χ2n) is 6.72. The third-order valence-electron chi connectivity index (χ3n) is 4.76. The lowest BCUT2D eigenvalue weighted by atomic mass is 9.93. The minimum Gasteiger partial charge on any atom is -0.394 e. The lowest BCUT2D eigenvalue weighted by Gasteiger charge is -2.31. The topological polar surface area (TPSA) is 97.6 Å². The van der Waals surface area contributed by atoms with Gasteiger partial charge < -0.3 is 15.2 Å². The molecule has 7 heteroatoms. The maximum Gasteiger partial charge on any atom is 0.269 e. The number of carbonyl (C=O) groups is 1. The van der Waals surface area contributed by atoms with Gasteiger partial charge in [-0.1, -0.05) is 5.16 Å². The predicted octanol–water partition coefficient (Wildman–Crippen LogP) is 1.66. The van der Waals surface area contributed by atoms with Crippen molar-refractivity contribution in [3.8, 4) is 0 Å². The minimum atomic E-state index is -0.106. The van der Waals surface area contributed by atoms with E-state index in [1.807, 2.05) is 11.8 Å². The van der Waals surface area contributed by atoms with E-state index in [0.717, 1.165) is 36.7 Å². The molecule has 130 valence electrons. The molecule has 2 heterocycles. The van der Waals surface area contributed by atoms with Crippen molar-refractivity contribution in [3.05, 3.63) is 23.5 Å². The number of hydrogen-bond donors (Lipinski definition) is 1. The second kappa shape index (κ2) is 7.15. The molecule has 0 unspecified atom stereocenters. The van der Waals surface area contributed by atoms with Gasteiger partial charge in [-0.2, -0.15) is 4.98 Å². The van der Waals surface area contributed by atoms with Crippen LogP contribution in [0.2, 0.25) is 0 Å². The van der Waals surface area contributed by atoms with E-state index in [1.165, 1.54) is 12.8 Å². The van der Waals surface area contributed by atoms with Gasteiger partial charge in [-0.25, -0.2) is 0 Å². The van der Waals surface area contributed by atoms with Crippen LogP contribution >= 0.6 is 0 Å². The highest BCUT2D eigenvalue weighted by atomic mass is 16.5. The van der Waals surface area contributed by atoms with Gasteiger partial charge in [0.15, 0.2) is 5.82 Å². The lowest BCUT2D eigenvalue weighted by molar-refractivity contribution is -0.128. The van der Waals surface area contributed by atoms with Crippen LogP contribution in [-0.4, -0.2) is 46.8 Å². The van der Waals surface area contributed by atoms with Gasteiger partial charge in [0.05, 0.1) is 5.70 Å². The zero-order valence-electron chi connectivity index (χ0n) is 14.4. The van der Waals surface area contributed by atoms with Gasteiger partial charge in [-0.05, 0) is 44.6 Å². The fraction of sp³-hybridized carbons (Fsp3) is 0.647. The quantitative estimate of drug-likeness (QED) is 0.653. The Labute approximate surface area is 142 Å². The highest BCUT2D eigenvalue weighted by molar-refractivity contribution is 6.02. The average Bonchev–Trinajstić information content (AvgIpc) is 3.34. The van der Waals surface area contributed by atoms with Gasteiger partial charge in [0.2, 0.25) is 5.89 Å². The molecule has 0 spiro atoms. The molecule has 7 nitrogen and oxygen atoms in total. The molecule has 0 radical (unpaired) electrons. The number of likely N-dealkylation sites (tertiary alicyclic amines) is 1. The van der Waals surface area contributed by atoms with E-state index in [9.17, 15) is 4.79 Å². The number of carbonyl (C=O) groups excluding carboxylic acids is 1. The summed E-state index contributed by atoms with van der Waals surface area (Å²) >= 11 is 0. The molecule has 1 saturated carbocycles. The normalized spacial score (nSPS) is 20.5. The maximum absolute atomic E-state index is 12.3. The summed E-state index contributed by atoms with van der Waals surface area (Å²) in [7, 11) is 1.68. The Balaban J connectivity index is 1.49. The van der Waals surface area contributed by atoms with Crippen LogP contribution in [0.5, 0.6) is 0 Å². The Morgan fingerprint density at radius 2 is 2.08 bits per heavy atom. The fourth-order valence-corrected chi connectivity index (χ4v) is 2.98. The number of rotatable bonds is 5. The number of allylic oxidation sites excluding steroid dienone is 1. The summed E-state index contributed by atoms with van der Waals surface area (Å²) in [6.45, 7) is 3.25. The Hall–Kier alpha value is -2.18. The van der Waals surface area contributed by atoms with Crippen molar-refractivity contribution in [2.24, 2.45) is 16.6 Å². The van der Waals surface area contributed by atoms with Gasteiger partial charge in [-0.3, -0.25) is 9.79 Å². The average molecular weight is 331 g/mol. The summed E-state index contributed by atoms with van der Waals surface area (Å²) in [4.78, 5) is 22.6. The predicted molar refractivity (Wildman–Crippen MR) is 90.6 cm³/mol. The van der Waals surface area contributed by atoms with Gasteiger partial charge in [0, 0.05) is 38.2 Å². The number of hydrogen-bond acceptors (Lipinski definition) is 6. The molecule has 1 aliphatic carbocycles. The molecule has 1 amide bonds. The molecule has 1 saturated heterocycles. The van der Waals surface area contributed by atoms with Crippen LogP contribution in [0.15, 0.2) is 21.3 Å². The molecular formula is C17H25N5O2. The van der Waals surface area contributed by atoms with Crippen molar-refractivity contribution in [1.29, 1.82) is 0 Å². The number of nitrogens with zero attached hydrogens (tertiary/aromatic N) is 4. The monoisotopic (exact) mass is 331 g/mol. The van der Waals surface area contributed by atoms with Crippen molar-refractivity contribution in [2.45, 2.75) is 44.9 Å². The second-order valence-corrected chi connectivity index (χ2v) is 6.72. The summed E-state index contributed by atoms with van der Waals surface area (Å²) in [5, 5.41) is 4.06. The first-order valence-corrected chi connectivity index (χ1v) is 8.59. The number of nitrogens with two attached hydrogens (primary N) is 1. The Kier molecular flexibility index (Phi) is 4.97. The largest absolute Gasteiger partial charge is 0.394 e. The van der Waals surface area contributed by atoms with E-state index >= 15 is 0 Å². The maximum atomic E-state index is 12.3. The van der Waals surface area contributed by atoms with Crippen LogP contribution in [0.3, 0.4) is 0 Å². The summed E-state index contributed by atoms with van der Waals surface area (Å²) < 4.78 is 5.35. The molecule has 24 heavy (non-hydrogen) atoms. The van der Waals surface area contributed by atoms with Crippen molar-refractivity contribution >= 4 is 11.6 Å². The first-order valence-electron chi connectivity index (χ1n) is 8.59. The summed E-state index contributed by atoms with van der Waals surface area (Å²) in [6.07, 6.45) is 6.65. The third-order valence-corrected chi connectivity index (χ3v) is 4.76. The molecule has 1 aromatic heterocycles. The van der Waals surface area contributed by atoms with E-state index in [1.54, 1.807) is 13.1 Å². The van der Waals surface area contributed by atoms with E-state index in [2.05, 4.69) is 15.1 Å². The zero-order valence-corrected chi connectivity index (χ0v) is 14.4. The molecule has 3 rings (SSSR count). The van der Waals surface area contributed by atoms with Crippen molar-refractivity contribution < 1.29 is 9.32 Å². The smallest absolute Gasteiger partial charge is 0.269 e. The van der Waals surface area contributed by atoms with Gasteiger partial charge >= 0.3 is 0 Å². The Bertz CT molecular complexity index is 652. The van der Waals surface area contributed by atoms with Crippen LogP contribution in [0.4, 0.5) is 0 Å². The van der Waals surface area contributed by atoms with Crippen LogP contribution < -0.4 is 5.73 Å². The van der Waals surface area contributed by atoms with E-state index in [-0.39, 0.29) is 11.6 Å². The van der Waals surface area contributed by atoms with E-state index in [0.29, 0.717) is 24.9 Å². The van der Waals surface area contributed by atoms with Crippen molar-refractivity contribution in [3.63, 3.8) is 0 Å². The van der Waals surface area contributed by atoms with Crippen LogP contribution in [-0.2, 0) is 11.2 Å². The third kappa shape index (κ3) is 4.01. The van der Waals surface area contributed by atoms with E-state index < -0.39 is 0 Å². The van der Waals surface area contributed by atoms with Crippen molar-refractivity contribution in [1.82, 2.24) is 15.0 Å².